The number of amides is 3. The predicted molar refractivity (Wildman–Crippen MR) is 153 cm³/mol. The summed E-state index contributed by atoms with van der Waals surface area (Å²) in [7, 11) is 0. The molecule has 3 aliphatic heterocycles. The zero-order valence-electron chi connectivity index (χ0n) is 22.3. The number of carbonyl (C=O) groups excluding carboxylic acids is 3. The largest absolute Gasteiger partial charge is 0.394 e. The number of halogens is 1. The summed E-state index contributed by atoms with van der Waals surface area (Å²) in [4.78, 5) is 43.9. The number of fused-ring (bicyclic) bond motifs is 1. The summed E-state index contributed by atoms with van der Waals surface area (Å²) in [6, 6.07) is 8.72. The van der Waals surface area contributed by atoms with Crippen molar-refractivity contribution in [3.63, 3.8) is 0 Å². The smallest absolute Gasteiger partial charge is 0.244 e. The van der Waals surface area contributed by atoms with E-state index in [0.717, 1.165) is 37.7 Å². The Morgan fingerprint density at radius 1 is 1.18 bits per heavy atom. The highest BCUT2D eigenvalue weighted by atomic mass is 79.9. The Balaban J connectivity index is 1.47. The lowest BCUT2D eigenvalue weighted by Crippen LogP contribution is -2.59. The first kappa shape index (κ1) is 28.0. The number of aliphatic hydroxyl groups is 1. The average Bonchev–Trinajstić information content (AvgIpc) is 3.52. The van der Waals surface area contributed by atoms with Gasteiger partial charge in [-0.15, -0.1) is 11.8 Å². The van der Waals surface area contributed by atoms with Gasteiger partial charge in [-0.25, -0.2) is 0 Å². The molecule has 3 N–H and O–H groups in total. The van der Waals surface area contributed by atoms with E-state index in [1.807, 2.05) is 44.2 Å². The van der Waals surface area contributed by atoms with Crippen LogP contribution in [-0.4, -0.2) is 67.3 Å². The van der Waals surface area contributed by atoms with Crippen molar-refractivity contribution >= 4 is 45.4 Å². The molecule has 4 aliphatic rings. The number of rotatable bonds is 9. The summed E-state index contributed by atoms with van der Waals surface area (Å²) in [5, 5.41) is 16.8. The number of carbonyl (C=O) groups is 3. The van der Waals surface area contributed by atoms with Crippen molar-refractivity contribution in [1.29, 1.82) is 0 Å². The number of hydrogen-bond acceptors (Lipinski definition) is 5. The normalized spacial score (nSPS) is 34.2. The zero-order valence-corrected chi connectivity index (χ0v) is 24.7. The minimum Gasteiger partial charge on any atom is -0.394 e. The first-order valence-corrected chi connectivity index (χ1v) is 16.0. The van der Waals surface area contributed by atoms with Crippen LogP contribution in [0.1, 0.15) is 64.4 Å². The molecule has 4 fully saturated rings. The van der Waals surface area contributed by atoms with Crippen molar-refractivity contribution in [1.82, 2.24) is 15.5 Å². The lowest BCUT2D eigenvalue weighted by atomic mass is 9.70. The van der Waals surface area contributed by atoms with E-state index in [-0.39, 0.29) is 46.4 Å². The Morgan fingerprint density at radius 2 is 1.89 bits per heavy atom. The molecule has 3 heterocycles. The minimum absolute atomic E-state index is 0.0245. The molecule has 3 saturated heterocycles. The Kier molecular flexibility index (Phi) is 8.46. The van der Waals surface area contributed by atoms with Crippen LogP contribution in [0.3, 0.4) is 0 Å². The van der Waals surface area contributed by atoms with Gasteiger partial charge in [0.15, 0.2) is 0 Å². The van der Waals surface area contributed by atoms with Crippen LogP contribution >= 0.6 is 27.7 Å². The molecule has 8 atom stereocenters. The molecule has 0 aromatic heterocycles. The lowest BCUT2D eigenvalue weighted by Gasteiger charge is -2.40. The van der Waals surface area contributed by atoms with Gasteiger partial charge >= 0.3 is 0 Å². The Morgan fingerprint density at radius 3 is 2.55 bits per heavy atom. The van der Waals surface area contributed by atoms with E-state index >= 15 is 0 Å². The molecule has 1 aliphatic carbocycles. The first-order valence-electron chi connectivity index (χ1n) is 14.2. The van der Waals surface area contributed by atoms with Crippen LogP contribution in [0, 0.1) is 17.8 Å². The number of thioether (sulfide) groups is 1. The van der Waals surface area contributed by atoms with Gasteiger partial charge in [0, 0.05) is 22.7 Å². The Labute approximate surface area is 238 Å². The lowest BCUT2D eigenvalue weighted by molar-refractivity contribution is -0.144. The minimum atomic E-state index is -0.699. The molecule has 1 spiro atoms. The van der Waals surface area contributed by atoms with Crippen LogP contribution in [0.2, 0.25) is 0 Å². The molecule has 9 heteroatoms. The summed E-state index contributed by atoms with van der Waals surface area (Å²) < 4.78 is -0.690. The zero-order chi connectivity index (χ0) is 27.0. The van der Waals surface area contributed by atoms with Gasteiger partial charge in [-0.05, 0) is 30.7 Å². The van der Waals surface area contributed by atoms with Gasteiger partial charge < -0.3 is 20.6 Å². The van der Waals surface area contributed by atoms with Crippen molar-refractivity contribution in [2.75, 3.05) is 6.61 Å². The van der Waals surface area contributed by atoms with E-state index < -0.39 is 28.7 Å². The molecule has 1 aromatic carbocycles. The number of alkyl halides is 1. The molecule has 0 radical (unpaired) electrons. The van der Waals surface area contributed by atoms with Crippen LogP contribution in [0.25, 0.3) is 0 Å². The molecule has 1 saturated carbocycles. The van der Waals surface area contributed by atoms with Gasteiger partial charge in [-0.2, -0.15) is 0 Å². The average molecular weight is 607 g/mol. The first-order chi connectivity index (χ1) is 18.3. The molecular formula is C29H40BrN3O4S. The second-order valence-electron chi connectivity index (χ2n) is 11.6. The number of likely N-dealkylation sites (tertiary alicyclic amines) is 1. The number of nitrogens with one attached hydrogen (secondary N) is 2. The molecule has 2 bridgehead atoms. The van der Waals surface area contributed by atoms with Crippen LogP contribution < -0.4 is 10.6 Å². The van der Waals surface area contributed by atoms with Crippen LogP contribution in [0.15, 0.2) is 30.3 Å². The summed E-state index contributed by atoms with van der Waals surface area (Å²) in [5.41, 5.74) is 1.00. The van der Waals surface area contributed by atoms with Gasteiger partial charge in [-0.3, -0.25) is 14.4 Å². The van der Waals surface area contributed by atoms with Crippen molar-refractivity contribution in [3.8, 4) is 0 Å². The fraction of sp³-hybridized carbons (Fsp3) is 0.690. The van der Waals surface area contributed by atoms with Crippen LogP contribution in [0.4, 0.5) is 0 Å². The fourth-order valence-electron chi connectivity index (χ4n) is 7.27. The Hall–Kier alpha value is -1.58. The number of aliphatic hydroxyl groups excluding tert-OH is 1. The molecule has 3 unspecified atom stereocenters. The summed E-state index contributed by atoms with van der Waals surface area (Å²) in [6.45, 7) is 4.26. The monoisotopic (exact) mass is 605 g/mol. The molecule has 7 nitrogen and oxygen atoms in total. The maximum Gasteiger partial charge on any atom is 0.244 e. The second-order valence-corrected chi connectivity index (χ2v) is 14.3. The van der Waals surface area contributed by atoms with E-state index in [4.69, 9.17) is 0 Å². The molecule has 1 aromatic rings. The maximum absolute atomic E-state index is 14.3. The van der Waals surface area contributed by atoms with Gasteiger partial charge in [-0.1, -0.05) is 85.8 Å². The van der Waals surface area contributed by atoms with Crippen molar-refractivity contribution < 1.29 is 19.5 Å². The SMILES string of the molecule is CC[C@H](C)[C@H](CO)N1C(=O)[C@@H]2[C@@H](C(=O)NCc3ccccc3)[C@@H]3SC2(CC3Br)C1C(=O)NC1CCCCC1. The van der Waals surface area contributed by atoms with Crippen LogP contribution in [-0.2, 0) is 20.9 Å². The third-order valence-corrected chi connectivity index (χ3v) is 12.6. The number of hydrogen-bond donors (Lipinski definition) is 3. The van der Waals surface area contributed by atoms with E-state index in [1.165, 1.54) is 6.42 Å². The topological polar surface area (TPSA) is 98.7 Å². The number of benzene rings is 1. The van der Waals surface area contributed by atoms with Crippen molar-refractivity contribution in [2.24, 2.45) is 17.8 Å². The van der Waals surface area contributed by atoms with E-state index in [2.05, 4.69) is 26.6 Å². The second kappa shape index (κ2) is 11.5. The summed E-state index contributed by atoms with van der Waals surface area (Å²) >= 11 is 5.49. The highest BCUT2D eigenvalue weighted by Gasteiger charge is 2.76. The van der Waals surface area contributed by atoms with Crippen molar-refractivity contribution in [3.05, 3.63) is 35.9 Å². The molecule has 3 amide bonds. The summed E-state index contributed by atoms with van der Waals surface area (Å²) in [6.07, 6.45) is 6.73. The van der Waals surface area contributed by atoms with E-state index in [1.54, 1.807) is 16.7 Å². The summed E-state index contributed by atoms with van der Waals surface area (Å²) in [5.74, 6) is -1.48. The van der Waals surface area contributed by atoms with Crippen molar-refractivity contribution in [2.45, 2.75) is 98.3 Å². The third kappa shape index (κ3) is 4.81. The van der Waals surface area contributed by atoms with Gasteiger partial charge in [0.25, 0.3) is 0 Å². The standard InChI is InChI=1S/C29H40BrN3O4S/c1-3-17(2)21(16-34)33-25(27(36)32-19-12-8-5-9-13-19)29-14-20(30)24(38-29)22(23(29)28(33)37)26(35)31-15-18-10-6-4-7-11-18/h4,6-7,10-11,17,19-25,34H,3,5,8-9,12-16H2,1-2H3,(H,31,35)(H,32,36)/t17-,20?,21-,22+,23-,24+,25?,29?/m0/s1. The number of nitrogens with zero attached hydrogens (tertiary/aromatic N) is 1. The molecule has 208 valence electrons. The van der Waals surface area contributed by atoms with E-state index in [9.17, 15) is 19.5 Å². The highest BCUT2D eigenvalue weighted by molar-refractivity contribution is 9.09. The van der Waals surface area contributed by atoms with Gasteiger partial charge in [0.2, 0.25) is 17.7 Å². The molecule has 38 heavy (non-hydrogen) atoms. The predicted octanol–water partition coefficient (Wildman–Crippen LogP) is 3.62. The van der Waals surface area contributed by atoms with Gasteiger partial charge in [0.05, 0.1) is 29.2 Å². The van der Waals surface area contributed by atoms with Crippen LogP contribution in [0.5, 0.6) is 0 Å². The van der Waals surface area contributed by atoms with Gasteiger partial charge in [0.1, 0.15) is 6.04 Å². The molecule has 5 rings (SSSR count). The highest BCUT2D eigenvalue weighted by Crippen LogP contribution is 2.68. The third-order valence-electron chi connectivity index (χ3n) is 9.38. The Bertz CT molecular complexity index is 1040. The quantitative estimate of drug-likeness (QED) is 0.373. The maximum atomic E-state index is 14.3. The van der Waals surface area contributed by atoms with E-state index in [0.29, 0.717) is 13.0 Å². The molecular weight excluding hydrogens is 566 g/mol. The fourth-order valence-corrected chi connectivity index (χ4v) is 10.9.